The zero-order chi connectivity index (χ0) is 12.3. The molecule has 0 radical (unpaired) electrons. The summed E-state index contributed by atoms with van der Waals surface area (Å²) in [6.45, 7) is 10.0. The van der Waals surface area contributed by atoms with Gasteiger partial charge >= 0.3 is 11.9 Å². The van der Waals surface area contributed by atoms with E-state index in [-0.39, 0.29) is 24.4 Å². The van der Waals surface area contributed by atoms with Gasteiger partial charge in [0.1, 0.15) is 6.61 Å². The Morgan fingerprint density at radius 2 is 1.75 bits per heavy atom. The molecule has 1 unspecified atom stereocenters. The molecule has 88 valence electrons. The van der Waals surface area contributed by atoms with Crippen molar-refractivity contribution in [2.45, 2.75) is 19.6 Å². The van der Waals surface area contributed by atoms with Gasteiger partial charge in [-0.15, -0.1) is 0 Å². The summed E-state index contributed by atoms with van der Waals surface area (Å²) in [7, 11) is 0. The molecule has 0 amide bonds. The number of carbonyl (C=O) groups excluding carboxylic acids is 2. The van der Waals surface area contributed by atoms with Crippen molar-refractivity contribution < 1.29 is 23.8 Å². The van der Waals surface area contributed by atoms with Crippen LogP contribution in [0, 0.1) is 0 Å². The van der Waals surface area contributed by atoms with Crippen molar-refractivity contribution >= 4 is 11.9 Å². The van der Waals surface area contributed by atoms with Gasteiger partial charge < -0.3 is 14.2 Å². The topological polar surface area (TPSA) is 65.1 Å². The van der Waals surface area contributed by atoms with Crippen molar-refractivity contribution in [3.8, 4) is 0 Å². The molecule has 1 atom stereocenters. The van der Waals surface area contributed by atoms with Gasteiger partial charge in [-0.05, 0) is 13.8 Å². The fraction of sp³-hybridized carbons (Fsp3) is 0.455. The van der Waals surface area contributed by atoms with Gasteiger partial charge in [0.25, 0.3) is 5.79 Å². The number of carbonyl (C=O) groups is 2. The van der Waals surface area contributed by atoms with Crippen LogP contribution in [0.2, 0.25) is 0 Å². The highest BCUT2D eigenvalue weighted by atomic mass is 16.8. The summed E-state index contributed by atoms with van der Waals surface area (Å²) in [6.07, 6.45) is 0. The number of ether oxygens (including phenoxy) is 3. The minimum Gasteiger partial charge on any atom is -0.455 e. The third-order valence-corrected chi connectivity index (χ3v) is 1.87. The van der Waals surface area contributed by atoms with Gasteiger partial charge in [-0.1, -0.05) is 13.2 Å². The Bertz CT molecular complexity index is 351. The lowest BCUT2D eigenvalue weighted by molar-refractivity contribution is -0.166. The molecule has 0 aromatic carbocycles. The van der Waals surface area contributed by atoms with E-state index in [1.807, 2.05) is 0 Å². The van der Waals surface area contributed by atoms with E-state index < -0.39 is 17.7 Å². The highest BCUT2D eigenvalue weighted by molar-refractivity contribution is 5.88. The first-order valence-electron chi connectivity index (χ1n) is 4.72. The van der Waals surface area contributed by atoms with Gasteiger partial charge in [0.15, 0.2) is 6.61 Å². The van der Waals surface area contributed by atoms with Crippen LogP contribution in [0.15, 0.2) is 24.3 Å². The van der Waals surface area contributed by atoms with Crippen LogP contribution in [-0.2, 0) is 23.8 Å². The molecule has 1 aliphatic heterocycles. The average Bonchev–Trinajstić information content (AvgIpc) is 2.94. The number of rotatable bonds is 5. The minimum atomic E-state index is -1.12. The van der Waals surface area contributed by atoms with Crippen LogP contribution >= 0.6 is 0 Å². The Kier molecular flexibility index (Phi) is 3.49. The molecule has 0 bridgehead atoms. The smallest absolute Gasteiger partial charge is 0.335 e. The summed E-state index contributed by atoms with van der Waals surface area (Å²) in [6, 6.07) is 0. The normalized spacial score (nSPS) is 22.1. The molecule has 0 aromatic heterocycles. The van der Waals surface area contributed by atoms with Crippen LogP contribution in [-0.4, -0.2) is 30.9 Å². The number of esters is 2. The van der Waals surface area contributed by atoms with Crippen LogP contribution in [0.1, 0.15) is 13.8 Å². The molecule has 0 aliphatic carbocycles. The Labute approximate surface area is 93.7 Å². The summed E-state index contributed by atoms with van der Waals surface area (Å²) >= 11 is 0. The van der Waals surface area contributed by atoms with Crippen molar-refractivity contribution in [2.75, 3.05) is 13.2 Å². The fourth-order valence-electron chi connectivity index (χ4n) is 0.807. The monoisotopic (exact) mass is 226 g/mol. The maximum atomic E-state index is 11.2. The fourth-order valence-corrected chi connectivity index (χ4v) is 0.807. The summed E-state index contributed by atoms with van der Waals surface area (Å²) in [5.74, 6) is -2.23. The first-order chi connectivity index (χ1) is 7.36. The van der Waals surface area contributed by atoms with E-state index in [1.165, 1.54) is 13.8 Å². The largest absolute Gasteiger partial charge is 0.455 e. The molecular formula is C11H14O5. The molecule has 1 rings (SSSR count). The highest BCUT2D eigenvalue weighted by Crippen LogP contribution is 2.29. The lowest BCUT2D eigenvalue weighted by atomic mass is 10.3. The van der Waals surface area contributed by atoms with Crippen LogP contribution in [0.3, 0.4) is 0 Å². The molecule has 1 saturated heterocycles. The van der Waals surface area contributed by atoms with E-state index in [0.717, 1.165) is 0 Å². The van der Waals surface area contributed by atoms with Gasteiger partial charge in [-0.3, -0.25) is 0 Å². The lowest BCUT2D eigenvalue weighted by Crippen LogP contribution is -2.28. The molecular weight excluding hydrogens is 212 g/mol. The Balaban J connectivity index is 2.42. The molecule has 0 saturated carbocycles. The number of epoxide rings is 1. The first kappa shape index (κ1) is 12.4. The molecule has 0 N–H and O–H groups in total. The third kappa shape index (κ3) is 3.20. The van der Waals surface area contributed by atoms with Crippen molar-refractivity contribution in [2.24, 2.45) is 0 Å². The second kappa shape index (κ2) is 4.49. The summed E-state index contributed by atoms with van der Waals surface area (Å²) in [4.78, 5) is 22.3. The van der Waals surface area contributed by atoms with Crippen LogP contribution in [0.5, 0.6) is 0 Å². The summed E-state index contributed by atoms with van der Waals surface area (Å²) in [5, 5.41) is 0. The molecule has 1 heterocycles. The summed E-state index contributed by atoms with van der Waals surface area (Å²) in [5.41, 5.74) is 0.545. The van der Waals surface area contributed by atoms with E-state index >= 15 is 0 Å². The first-order valence-corrected chi connectivity index (χ1v) is 4.72. The molecule has 0 aromatic rings. The van der Waals surface area contributed by atoms with E-state index in [9.17, 15) is 9.59 Å². The van der Waals surface area contributed by atoms with E-state index in [4.69, 9.17) is 14.2 Å². The predicted molar refractivity (Wildman–Crippen MR) is 55.4 cm³/mol. The standard InChI is InChI=1S/C11H14O5/c1-7(2)9(12)14-5-11(6-15-11)16-10(13)8(3)4/h1,3,5-6H2,2,4H3. The van der Waals surface area contributed by atoms with Crippen LogP contribution in [0.25, 0.3) is 0 Å². The Morgan fingerprint density at radius 3 is 2.12 bits per heavy atom. The number of hydrogen-bond donors (Lipinski definition) is 0. The zero-order valence-corrected chi connectivity index (χ0v) is 9.37. The molecule has 1 aliphatic rings. The van der Waals surface area contributed by atoms with Gasteiger partial charge in [-0.2, -0.15) is 0 Å². The van der Waals surface area contributed by atoms with E-state index in [1.54, 1.807) is 0 Å². The second-order valence-corrected chi connectivity index (χ2v) is 3.73. The van der Waals surface area contributed by atoms with Crippen LogP contribution in [0.4, 0.5) is 0 Å². The molecule has 16 heavy (non-hydrogen) atoms. The van der Waals surface area contributed by atoms with Crippen molar-refractivity contribution in [3.63, 3.8) is 0 Å². The van der Waals surface area contributed by atoms with Gasteiger partial charge in [0.2, 0.25) is 0 Å². The average molecular weight is 226 g/mol. The van der Waals surface area contributed by atoms with Crippen molar-refractivity contribution in [1.29, 1.82) is 0 Å². The molecule has 5 nitrogen and oxygen atoms in total. The lowest BCUT2D eigenvalue weighted by Gasteiger charge is -2.13. The molecule has 0 spiro atoms. The van der Waals surface area contributed by atoms with E-state index in [2.05, 4.69) is 13.2 Å². The van der Waals surface area contributed by atoms with Gasteiger partial charge in [-0.25, -0.2) is 9.59 Å². The van der Waals surface area contributed by atoms with Gasteiger partial charge in [0, 0.05) is 11.1 Å². The summed E-state index contributed by atoms with van der Waals surface area (Å²) < 4.78 is 14.8. The van der Waals surface area contributed by atoms with Gasteiger partial charge in [0.05, 0.1) is 0 Å². The third-order valence-electron chi connectivity index (χ3n) is 1.87. The Morgan fingerprint density at radius 1 is 1.25 bits per heavy atom. The second-order valence-electron chi connectivity index (χ2n) is 3.73. The predicted octanol–water partition coefficient (Wildman–Crippen LogP) is 0.951. The Hall–Kier alpha value is -1.62. The quantitative estimate of drug-likeness (QED) is 0.396. The van der Waals surface area contributed by atoms with E-state index in [0.29, 0.717) is 0 Å². The van der Waals surface area contributed by atoms with Crippen molar-refractivity contribution in [3.05, 3.63) is 24.3 Å². The van der Waals surface area contributed by atoms with Crippen LogP contribution < -0.4 is 0 Å². The zero-order valence-electron chi connectivity index (χ0n) is 9.37. The maximum absolute atomic E-state index is 11.2. The molecule has 5 heteroatoms. The minimum absolute atomic E-state index is 0.127. The number of hydrogen-bond acceptors (Lipinski definition) is 5. The maximum Gasteiger partial charge on any atom is 0.335 e. The highest BCUT2D eigenvalue weighted by Gasteiger charge is 2.51. The SMILES string of the molecule is C=C(C)C(=O)OCC1(OC(=O)C(=C)C)CO1. The molecule has 1 fully saturated rings. The van der Waals surface area contributed by atoms with Crippen molar-refractivity contribution in [1.82, 2.24) is 0 Å².